The lowest BCUT2D eigenvalue weighted by atomic mass is 10.2. The molecule has 8 heteroatoms. The van der Waals surface area contributed by atoms with Crippen LogP contribution in [-0.4, -0.2) is 49.2 Å². The maximum Gasteiger partial charge on any atom is 0.303 e. The predicted octanol–water partition coefficient (Wildman–Crippen LogP) is 2.44. The highest BCUT2D eigenvalue weighted by molar-refractivity contribution is 7.81. The van der Waals surface area contributed by atoms with Gasteiger partial charge in [0, 0.05) is 12.8 Å². The van der Waals surface area contributed by atoms with Gasteiger partial charge in [-0.2, -0.15) is 25.3 Å². The molecule has 0 saturated heterocycles. The maximum absolute atomic E-state index is 9.87. The van der Waals surface area contributed by atoms with Crippen LogP contribution in [-0.2, 0) is 9.59 Å². The molecule has 0 aliphatic carbocycles. The van der Waals surface area contributed by atoms with E-state index in [4.69, 9.17) is 20.4 Å². The van der Waals surface area contributed by atoms with Crippen molar-refractivity contribution in [3.05, 3.63) is 0 Å². The van der Waals surface area contributed by atoms with Crippen LogP contribution in [0.25, 0.3) is 0 Å². The van der Waals surface area contributed by atoms with E-state index in [1.54, 1.807) is 0 Å². The summed E-state index contributed by atoms with van der Waals surface area (Å²) in [5.74, 6) is -1.49. The summed E-state index contributed by atoms with van der Waals surface area (Å²) >= 11 is 8.02. The Bertz CT molecular complexity index is 248. The number of aliphatic hydroxyl groups excluding tert-OH is 1. The van der Waals surface area contributed by atoms with Crippen LogP contribution in [0.2, 0.25) is 0 Å². The highest BCUT2D eigenvalue weighted by atomic mass is 32.1. The average Bonchev–Trinajstić information content (AvgIpc) is 2.35. The van der Waals surface area contributed by atoms with Gasteiger partial charge in [0.2, 0.25) is 0 Å². The fourth-order valence-corrected chi connectivity index (χ4v) is 1.18. The molecule has 2 atom stereocenters. The second kappa shape index (κ2) is 18.6. The highest BCUT2D eigenvalue weighted by Gasteiger charge is 1.99. The van der Waals surface area contributed by atoms with Crippen molar-refractivity contribution in [3.63, 3.8) is 0 Å². The number of carboxylic acids is 2. The van der Waals surface area contributed by atoms with Gasteiger partial charge in [-0.25, -0.2) is 0 Å². The number of carbonyl (C=O) groups is 2. The second-order valence-corrected chi connectivity index (χ2v) is 6.60. The second-order valence-electron chi connectivity index (χ2n) is 4.83. The van der Waals surface area contributed by atoms with Gasteiger partial charge in [0.1, 0.15) is 0 Å². The molecule has 0 saturated carbocycles. The predicted molar refractivity (Wildman–Crippen MR) is 93.8 cm³/mol. The third-order valence-electron chi connectivity index (χ3n) is 2.10. The van der Waals surface area contributed by atoms with E-state index in [1.807, 2.05) is 20.8 Å². The Hall–Kier alpha value is -0.440. The summed E-state index contributed by atoms with van der Waals surface area (Å²) in [4.78, 5) is 19.7. The van der Waals surface area contributed by atoms with Gasteiger partial charge >= 0.3 is 11.9 Å². The first-order valence-electron chi connectivity index (χ1n) is 7.18. The Kier molecular flexibility index (Phi) is 22.4. The molecule has 0 rings (SSSR count). The van der Waals surface area contributed by atoms with Crippen molar-refractivity contribution >= 4 is 37.2 Å². The first-order valence-corrected chi connectivity index (χ1v) is 8.21. The van der Waals surface area contributed by atoms with Gasteiger partial charge in [-0.05, 0) is 29.8 Å². The van der Waals surface area contributed by atoms with Crippen molar-refractivity contribution in [2.75, 3.05) is 0 Å². The van der Waals surface area contributed by atoms with Gasteiger partial charge < -0.3 is 20.4 Å². The van der Waals surface area contributed by atoms with Crippen molar-refractivity contribution < 1.29 is 30.0 Å². The van der Waals surface area contributed by atoms with Gasteiger partial charge in [0.05, 0.1) is 0 Å². The maximum atomic E-state index is 9.87. The summed E-state index contributed by atoms with van der Waals surface area (Å²) in [7, 11) is 0. The van der Waals surface area contributed by atoms with Crippen LogP contribution in [0.5, 0.6) is 0 Å². The van der Waals surface area contributed by atoms with E-state index < -0.39 is 18.2 Å². The zero-order valence-corrected chi connectivity index (χ0v) is 15.3. The fraction of sp³-hybridized carbons (Fsp3) is 0.857. The lowest BCUT2D eigenvalue weighted by molar-refractivity contribution is -0.138. The topological polar surface area (TPSA) is 115 Å². The summed E-state index contributed by atoms with van der Waals surface area (Å²) in [5.41, 5.74) is 0. The van der Waals surface area contributed by atoms with Crippen molar-refractivity contribution in [3.8, 4) is 0 Å². The number of aliphatic carboxylic acids is 2. The highest BCUT2D eigenvalue weighted by Crippen LogP contribution is 2.02. The molecule has 0 aromatic rings. The third kappa shape index (κ3) is 42.7. The van der Waals surface area contributed by atoms with Gasteiger partial charge in [-0.15, -0.1) is 0 Å². The molecule has 0 aliphatic rings. The molecule has 22 heavy (non-hydrogen) atoms. The van der Waals surface area contributed by atoms with Gasteiger partial charge in [-0.1, -0.05) is 27.2 Å². The third-order valence-corrected chi connectivity index (χ3v) is 2.62. The average molecular weight is 359 g/mol. The molecule has 6 nitrogen and oxygen atoms in total. The number of aliphatic hydroxyl groups is 2. The summed E-state index contributed by atoms with van der Waals surface area (Å²) in [6.45, 7) is 5.66. The minimum absolute atomic E-state index is 0.200. The van der Waals surface area contributed by atoms with Crippen molar-refractivity contribution in [1.29, 1.82) is 0 Å². The number of thiol groups is 2. The normalized spacial score (nSPS) is 12.4. The molecule has 2 unspecified atom stereocenters. The van der Waals surface area contributed by atoms with Gasteiger partial charge in [-0.3, -0.25) is 9.59 Å². The zero-order valence-electron chi connectivity index (χ0n) is 13.5. The monoisotopic (exact) mass is 358 g/mol. The summed E-state index contributed by atoms with van der Waals surface area (Å²) in [5, 5.41) is 32.9. The molecule has 0 heterocycles. The number of hydrogen-bond donors (Lipinski definition) is 6. The SMILES string of the molecule is CC(S)CCC(=O)O.CC(S)CCC(=O)O.CCCC(O)O. The molecular weight excluding hydrogens is 328 g/mol. The molecule has 0 aromatic carbocycles. The van der Waals surface area contributed by atoms with E-state index in [0.717, 1.165) is 6.42 Å². The van der Waals surface area contributed by atoms with Gasteiger partial charge in [0.25, 0.3) is 0 Å². The smallest absolute Gasteiger partial charge is 0.303 e. The van der Waals surface area contributed by atoms with Gasteiger partial charge in [0.15, 0.2) is 6.29 Å². The van der Waals surface area contributed by atoms with E-state index in [1.165, 1.54) is 0 Å². The Morgan fingerprint density at radius 3 is 1.23 bits per heavy atom. The molecule has 0 fully saturated rings. The minimum atomic E-state index is -1.10. The molecule has 134 valence electrons. The standard InChI is InChI=1S/2C5H10O2S.C4H10O2/c2*1-4(8)2-3-5(6)7;1-2-3-4(5)6/h2*4,8H,2-3H2,1H3,(H,6,7);4-6H,2-3H2,1H3. The minimum Gasteiger partial charge on any atom is -0.481 e. The molecule has 0 amide bonds. The van der Waals surface area contributed by atoms with Crippen molar-refractivity contribution in [2.24, 2.45) is 0 Å². The Labute approximate surface area is 143 Å². The van der Waals surface area contributed by atoms with E-state index in [0.29, 0.717) is 19.3 Å². The Morgan fingerprint density at radius 1 is 0.864 bits per heavy atom. The van der Waals surface area contributed by atoms with Crippen LogP contribution in [0.15, 0.2) is 0 Å². The molecule has 0 bridgehead atoms. The molecular formula is C14H30O6S2. The van der Waals surface area contributed by atoms with Crippen LogP contribution < -0.4 is 0 Å². The lowest BCUT2D eigenvalue weighted by Gasteiger charge is -1.96. The van der Waals surface area contributed by atoms with Crippen molar-refractivity contribution in [1.82, 2.24) is 0 Å². The van der Waals surface area contributed by atoms with Crippen LogP contribution >= 0.6 is 25.3 Å². The van der Waals surface area contributed by atoms with E-state index in [2.05, 4.69) is 25.3 Å². The molecule has 0 spiro atoms. The van der Waals surface area contributed by atoms with Crippen molar-refractivity contribution in [2.45, 2.75) is 76.1 Å². The van der Waals surface area contributed by atoms with E-state index >= 15 is 0 Å². The first-order chi connectivity index (χ1) is 10.0. The molecule has 4 N–H and O–H groups in total. The fourth-order valence-electron chi connectivity index (χ4n) is 0.923. The van der Waals surface area contributed by atoms with Crippen LogP contribution in [0.1, 0.15) is 59.3 Å². The lowest BCUT2D eigenvalue weighted by Crippen LogP contribution is -2.01. The zero-order chi connectivity index (χ0) is 18.1. The number of rotatable bonds is 8. The number of carboxylic acid groups (broad SMARTS) is 2. The first kappa shape index (κ1) is 26.5. The Balaban J connectivity index is -0.000000249. The molecule has 0 aliphatic heterocycles. The largest absolute Gasteiger partial charge is 0.481 e. The van der Waals surface area contributed by atoms with Crippen LogP contribution in [0.3, 0.4) is 0 Å². The summed E-state index contributed by atoms with van der Waals surface area (Å²) in [6.07, 6.45) is 1.97. The molecule has 0 aromatic heterocycles. The number of hydrogen-bond acceptors (Lipinski definition) is 6. The van der Waals surface area contributed by atoms with Crippen LogP contribution in [0.4, 0.5) is 0 Å². The Morgan fingerprint density at radius 2 is 1.18 bits per heavy atom. The summed E-state index contributed by atoms with van der Waals surface area (Å²) in [6, 6.07) is 0. The van der Waals surface area contributed by atoms with Crippen LogP contribution in [0, 0.1) is 0 Å². The van der Waals surface area contributed by atoms with E-state index in [9.17, 15) is 9.59 Å². The summed E-state index contributed by atoms with van der Waals surface area (Å²) < 4.78 is 0. The van der Waals surface area contributed by atoms with E-state index in [-0.39, 0.29) is 23.3 Å². The molecule has 0 radical (unpaired) electrons. The quantitative estimate of drug-likeness (QED) is 0.293.